The van der Waals surface area contributed by atoms with Gasteiger partial charge in [0.25, 0.3) is 0 Å². The SMILES string of the molecule is Cc1nc2nc([C@H]3CCO[C@H](c4cnn(C5CC5)c4)C3)nc(C34CC(C(C)C)(C3)C4)c2nc1C. The van der Waals surface area contributed by atoms with Crippen LogP contribution in [0.25, 0.3) is 11.2 Å². The topological polar surface area (TPSA) is 78.6 Å². The first-order valence-electron chi connectivity index (χ1n) is 13.0. The summed E-state index contributed by atoms with van der Waals surface area (Å²) in [5, 5.41) is 4.59. The molecular formula is C27H34N6O. The molecule has 4 heterocycles. The molecule has 5 aliphatic rings. The number of nitrogens with zero attached hydrogens (tertiary/aromatic N) is 6. The Balaban J connectivity index is 1.24. The van der Waals surface area contributed by atoms with Gasteiger partial charge in [-0.3, -0.25) is 4.68 Å². The van der Waals surface area contributed by atoms with Gasteiger partial charge in [-0.05, 0) is 70.1 Å². The fourth-order valence-electron chi connectivity index (χ4n) is 6.73. The molecule has 0 radical (unpaired) electrons. The van der Waals surface area contributed by atoms with Gasteiger partial charge in [0.05, 0.1) is 35.4 Å². The van der Waals surface area contributed by atoms with Crippen LogP contribution in [0.5, 0.6) is 0 Å². The minimum Gasteiger partial charge on any atom is -0.373 e. The molecule has 0 spiro atoms. The quantitative estimate of drug-likeness (QED) is 0.517. The summed E-state index contributed by atoms with van der Waals surface area (Å²) >= 11 is 0. The summed E-state index contributed by atoms with van der Waals surface area (Å²) in [6.07, 6.45) is 12.2. The van der Waals surface area contributed by atoms with Gasteiger partial charge in [-0.25, -0.2) is 19.9 Å². The zero-order chi connectivity index (χ0) is 23.2. The highest BCUT2D eigenvalue weighted by molar-refractivity contribution is 5.75. The lowest BCUT2D eigenvalue weighted by molar-refractivity contribution is -0.174. The third-order valence-electron chi connectivity index (χ3n) is 9.32. The van der Waals surface area contributed by atoms with Gasteiger partial charge in [-0.15, -0.1) is 0 Å². The third-order valence-corrected chi connectivity index (χ3v) is 9.32. The Labute approximate surface area is 200 Å². The number of fused-ring (bicyclic) bond motifs is 1. The predicted octanol–water partition coefficient (Wildman–Crippen LogP) is 5.28. The van der Waals surface area contributed by atoms with Gasteiger partial charge in [0.15, 0.2) is 5.65 Å². The van der Waals surface area contributed by atoms with E-state index in [1.165, 1.54) is 37.7 Å². The zero-order valence-electron chi connectivity index (χ0n) is 20.7. The van der Waals surface area contributed by atoms with Crippen molar-refractivity contribution in [3.63, 3.8) is 0 Å². The van der Waals surface area contributed by atoms with Crippen molar-refractivity contribution in [3.8, 4) is 0 Å². The summed E-state index contributed by atoms with van der Waals surface area (Å²) in [7, 11) is 0. The second kappa shape index (κ2) is 7.06. The van der Waals surface area contributed by atoms with Gasteiger partial charge >= 0.3 is 0 Å². The van der Waals surface area contributed by atoms with E-state index in [1.54, 1.807) is 0 Å². The molecule has 2 bridgehead atoms. The third kappa shape index (κ3) is 3.01. The molecule has 0 N–H and O–H groups in total. The van der Waals surface area contributed by atoms with Crippen molar-refractivity contribution in [2.75, 3.05) is 6.61 Å². The summed E-state index contributed by atoms with van der Waals surface area (Å²) in [5.74, 6) is 1.93. The van der Waals surface area contributed by atoms with Crippen LogP contribution in [0.1, 0.15) is 105 Å². The van der Waals surface area contributed by atoms with Crippen LogP contribution in [0.2, 0.25) is 0 Å². The summed E-state index contributed by atoms with van der Waals surface area (Å²) in [5.41, 5.74) is 6.67. The van der Waals surface area contributed by atoms with Crippen LogP contribution in [-0.2, 0) is 10.2 Å². The molecule has 7 nitrogen and oxygen atoms in total. The number of aromatic nitrogens is 6. The molecule has 178 valence electrons. The molecule has 1 aliphatic heterocycles. The Morgan fingerprint density at radius 2 is 1.76 bits per heavy atom. The molecule has 34 heavy (non-hydrogen) atoms. The summed E-state index contributed by atoms with van der Waals surface area (Å²) in [4.78, 5) is 20.2. The fraction of sp³-hybridized carbons (Fsp3) is 0.667. The minimum absolute atomic E-state index is 0.0546. The van der Waals surface area contributed by atoms with Crippen LogP contribution in [-0.4, -0.2) is 36.3 Å². The summed E-state index contributed by atoms with van der Waals surface area (Å²) in [6.45, 7) is 9.53. The summed E-state index contributed by atoms with van der Waals surface area (Å²) in [6, 6.07) is 0.590. The number of aryl methyl sites for hydroxylation is 2. The average molecular weight is 459 g/mol. The van der Waals surface area contributed by atoms with E-state index in [2.05, 4.69) is 29.8 Å². The Hall–Kier alpha value is -2.41. The van der Waals surface area contributed by atoms with Gasteiger partial charge in [0.2, 0.25) is 0 Å². The molecule has 4 saturated carbocycles. The molecule has 0 unspecified atom stereocenters. The molecule has 0 amide bonds. The van der Waals surface area contributed by atoms with Crippen molar-refractivity contribution in [1.82, 2.24) is 29.7 Å². The van der Waals surface area contributed by atoms with Gasteiger partial charge in [-0.2, -0.15) is 5.10 Å². The second-order valence-electron chi connectivity index (χ2n) is 11.9. The van der Waals surface area contributed by atoms with Gasteiger partial charge < -0.3 is 4.74 Å². The number of rotatable bonds is 5. The highest BCUT2D eigenvalue weighted by Gasteiger charge is 2.70. The number of hydrogen-bond donors (Lipinski definition) is 0. The first-order valence-corrected chi connectivity index (χ1v) is 13.0. The van der Waals surface area contributed by atoms with E-state index in [4.69, 9.17) is 24.7 Å². The first-order chi connectivity index (χ1) is 16.4. The Kier molecular flexibility index (Phi) is 4.34. The largest absolute Gasteiger partial charge is 0.373 e. The molecule has 2 atom stereocenters. The Morgan fingerprint density at radius 3 is 2.50 bits per heavy atom. The van der Waals surface area contributed by atoms with Crippen molar-refractivity contribution in [1.29, 1.82) is 0 Å². The zero-order valence-corrected chi connectivity index (χ0v) is 20.7. The highest BCUT2D eigenvalue weighted by atomic mass is 16.5. The van der Waals surface area contributed by atoms with Crippen LogP contribution in [0.3, 0.4) is 0 Å². The highest BCUT2D eigenvalue weighted by Crippen LogP contribution is 2.76. The Bertz CT molecular complexity index is 1270. The van der Waals surface area contributed by atoms with E-state index < -0.39 is 0 Å². The van der Waals surface area contributed by atoms with Crippen LogP contribution >= 0.6 is 0 Å². The minimum atomic E-state index is 0.0546. The van der Waals surface area contributed by atoms with Crippen molar-refractivity contribution in [2.45, 2.75) is 96.1 Å². The summed E-state index contributed by atoms with van der Waals surface area (Å²) < 4.78 is 8.30. The van der Waals surface area contributed by atoms with Crippen LogP contribution in [0.15, 0.2) is 12.4 Å². The normalized spacial score (nSPS) is 32.6. The first kappa shape index (κ1) is 20.9. The van der Waals surface area contributed by atoms with E-state index in [0.29, 0.717) is 11.5 Å². The molecular weight excluding hydrogens is 424 g/mol. The lowest BCUT2D eigenvalue weighted by Gasteiger charge is -2.72. The molecule has 4 aliphatic carbocycles. The standard InChI is InChI=1S/C27H34N6O/c1-15(2)26-12-27(13-26,14-26)23-22-25(30-17(4)16(3)29-22)32-24(31-23)18-7-8-34-21(9-18)19-10-28-33(11-19)20-5-6-20/h10-11,15,18,20-21H,5-9,12-14H2,1-4H3/t18-,21-,26?,27?/m0/s1. The van der Waals surface area contributed by atoms with Gasteiger partial charge in [0, 0.05) is 29.7 Å². The molecule has 8 rings (SSSR count). The van der Waals surface area contributed by atoms with E-state index >= 15 is 0 Å². The van der Waals surface area contributed by atoms with E-state index in [1.807, 2.05) is 20.0 Å². The molecule has 0 aromatic carbocycles. The van der Waals surface area contributed by atoms with Crippen LogP contribution in [0.4, 0.5) is 0 Å². The lowest BCUT2D eigenvalue weighted by atomic mass is 9.31. The predicted molar refractivity (Wildman–Crippen MR) is 129 cm³/mol. The maximum Gasteiger partial charge on any atom is 0.182 e. The maximum atomic E-state index is 6.19. The van der Waals surface area contributed by atoms with Crippen molar-refractivity contribution < 1.29 is 4.74 Å². The Morgan fingerprint density at radius 1 is 1.00 bits per heavy atom. The molecule has 5 fully saturated rings. The number of ether oxygens (including phenoxy) is 1. The monoisotopic (exact) mass is 458 g/mol. The van der Waals surface area contributed by atoms with Crippen molar-refractivity contribution in [2.24, 2.45) is 11.3 Å². The average Bonchev–Trinajstić information content (AvgIpc) is 3.49. The van der Waals surface area contributed by atoms with Crippen molar-refractivity contribution in [3.05, 3.63) is 40.9 Å². The molecule has 3 aromatic heterocycles. The van der Waals surface area contributed by atoms with Crippen LogP contribution in [0, 0.1) is 25.2 Å². The molecule has 3 aromatic rings. The smallest absolute Gasteiger partial charge is 0.182 e. The van der Waals surface area contributed by atoms with Crippen molar-refractivity contribution >= 4 is 11.2 Å². The maximum absolute atomic E-state index is 6.19. The molecule has 1 saturated heterocycles. The molecule has 7 heteroatoms. The van der Waals surface area contributed by atoms with E-state index in [0.717, 1.165) is 59.4 Å². The van der Waals surface area contributed by atoms with E-state index in [-0.39, 0.29) is 17.4 Å². The number of hydrogen-bond acceptors (Lipinski definition) is 6. The second-order valence-corrected chi connectivity index (χ2v) is 11.9. The van der Waals surface area contributed by atoms with Gasteiger partial charge in [-0.1, -0.05) is 13.8 Å². The lowest BCUT2D eigenvalue weighted by Crippen LogP contribution is -2.67. The van der Waals surface area contributed by atoms with Crippen LogP contribution < -0.4 is 0 Å². The van der Waals surface area contributed by atoms with E-state index in [9.17, 15) is 0 Å². The fourth-order valence-corrected chi connectivity index (χ4v) is 6.73. The van der Waals surface area contributed by atoms with Gasteiger partial charge in [0.1, 0.15) is 11.3 Å².